The summed E-state index contributed by atoms with van der Waals surface area (Å²) in [4.78, 5) is 17.9. The molecule has 0 radical (unpaired) electrons. The van der Waals surface area contributed by atoms with Crippen LogP contribution in [0.1, 0.15) is 34.2 Å². The number of nitrogens with zero attached hydrogens (tertiary/aromatic N) is 3. The molecular weight excluding hydrogens is 412 g/mol. The van der Waals surface area contributed by atoms with E-state index in [1.165, 1.54) is 5.56 Å². The van der Waals surface area contributed by atoms with E-state index < -0.39 is 0 Å². The molecule has 0 saturated carbocycles. The molecule has 0 aliphatic rings. The fraction of sp³-hybridized carbons (Fsp3) is 0.208. The van der Waals surface area contributed by atoms with Crippen LogP contribution < -0.4 is 10.1 Å². The number of aryl methyl sites for hydroxylation is 3. The smallest absolute Gasteiger partial charge is 0.256 e. The van der Waals surface area contributed by atoms with Crippen molar-refractivity contribution in [3.8, 4) is 11.4 Å². The van der Waals surface area contributed by atoms with Gasteiger partial charge in [-0.1, -0.05) is 30.7 Å². The van der Waals surface area contributed by atoms with E-state index in [2.05, 4.69) is 34.5 Å². The molecule has 7 heteroatoms. The number of pyridine rings is 1. The predicted molar refractivity (Wildman–Crippen MR) is 124 cm³/mol. The third-order valence-corrected chi connectivity index (χ3v) is 5.48. The lowest BCUT2D eigenvalue weighted by Crippen LogP contribution is -2.13. The topological polar surface area (TPSA) is 69.0 Å². The van der Waals surface area contributed by atoms with Crippen LogP contribution in [-0.2, 0) is 6.42 Å². The number of nitrogens with one attached hydrogen (secondary N) is 1. The SMILES string of the molecule is CCc1ccc(-n2nc(C)c3c(C(=O)Nc4ccc(OC)c(Cl)c4)cc(C)nc32)cc1. The summed E-state index contributed by atoms with van der Waals surface area (Å²) in [5, 5.41) is 8.75. The van der Waals surface area contributed by atoms with Crippen LogP contribution in [0.25, 0.3) is 16.7 Å². The van der Waals surface area contributed by atoms with Crippen LogP contribution in [0, 0.1) is 13.8 Å². The number of carbonyl (C=O) groups excluding carboxylic acids is 1. The van der Waals surface area contributed by atoms with E-state index in [0.717, 1.165) is 28.9 Å². The standard InChI is InChI=1S/C24H23ClN4O2/c1-5-16-6-9-18(10-7-16)29-23-22(15(3)28-29)19(12-14(2)26-23)24(30)27-17-8-11-21(31-4)20(25)13-17/h6-13H,5H2,1-4H3,(H,27,30). The number of amides is 1. The Hall–Kier alpha value is -3.38. The molecule has 0 bridgehead atoms. The van der Waals surface area contributed by atoms with Crippen LogP contribution in [-0.4, -0.2) is 27.8 Å². The van der Waals surface area contributed by atoms with E-state index in [1.807, 2.05) is 26.0 Å². The number of ether oxygens (including phenoxy) is 1. The van der Waals surface area contributed by atoms with E-state index in [1.54, 1.807) is 36.1 Å². The lowest BCUT2D eigenvalue weighted by molar-refractivity contribution is 0.102. The molecule has 1 N–H and O–H groups in total. The van der Waals surface area contributed by atoms with Gasteiger partial charge < -0.3 is 10.1 Å². The number of rotatable bonds is 5. The van der Waals surface area contributed by atoms with Crippen LogP contribution >= 0.6 is 11.6 Å². The number of halogens is 1. The first-order chi connectivity index (χ1) is 14.9. The maximum atomic E-state index is 13.2. The molecule has 6 nitrogen and oxygen atoms in total. The summed E-state index contributed by atoms with van der Waals surface area (Å²) in [6.07, 6.45) is 0.968. The third kappa shape index (κ3) is 3.99. The van der Waals surface area contributed by atoms with Crippen molar-refractivity contribution in [3.63, 3.8) is 0 Å². The van der Waals surface area contributed by atoms with Gasteiger partial charge in [0, 0.05) is 11.4 Å². The Bertz CT molecular complexity index is 1280. The van der Waals surface area contributed by atoms with Crippen LogP contribution in [0.4, 0.5) is 5.69 Å². The van der Waals surface area contributed by atoms with Gasteiger partial charge in [-0.15, -0.1) is 0 Å². The molecule has 31 heavy (non-hydrogen) atoms. The Morgan fingerprint density at radius 1 is 1.13 bits per heavy atom. The molecule has 0 aliphatic carbocycles. The Kier molecular flexibility index (Phi) is 5.65. The second kappa shape index (κ2) is 8.40. The summed E-state index contributed by atoms with van der Waals surface area (Å²) in [6.45, 7) is 5.87. The number of fused-ring (bicyclic) bond motifs is 1. The maximum Gasteiger partial charge on any atom is 0.256 e. The fourth-order valence-corrected chi connectivity index (χ4v) is 3.85. The van der Waals surface area contributed by atoms with Crippen molar-refractivity contribution in [2.45, 2.75) is 27.2 Å². The number of anilines is 1. The van der Waals surface area contributed by atoms with Gasteiger partial charge in [-0.05, 0) is 62.2 Å². The monoisotopic (exact) mass is 434 g/mol. The number of hydrogen-bond acceptors (Lipinski definition) is 4. The molecule has 2 aromatic carbocycles. The van der Waals surface area contributed by atoms with Crippen molar-refractivity contribution in [3.05, 3.63) is 76.1 Å². The molecule has 0 saturated heterocycles. The van der Waals surface area contributed by atoms with Gasteiger partial charge in [0.1, 0.15) is 5.75 Å². The van der Waals surface area contributed by atoms with Crippen molar-refractivity contribution in [2.24, 2.45) is 0 Å². The van der Waals surface area contributed by atoms with Crippen LogP contribution in [0.5, 0.6) is 5.75 Å². The first-order valence-electron chi connectivity index (χ1n) is 10.0. The molecule has 0 aliphatic heterocycles. The van der Waals surface area contributed by atoms with E-state index in [0.29, 0.717) is 27.7 Å². The van der Waals surface area contributed by atoms with Crippen molar-refractivity contribution in [1.29, 1.82) is 0 Å². The van der Waals surface area contributed by atoms with Crippen molar-refractivity contribution in [1.82, 2.24) is 14.8 Å². The fourth-order valence-electron chi connectivity index (χ4n) is 3.59. The van der Waals surface area contributed by atoms with E-state index in [-0.39, 0.29) is 5.91 Å². The minimum absolute atomic E-state index is 0.249. The van der Waals surface area contributed by atoms with Gasteiger partial charge in [0.2, 0.25) is 0 Å². The maximum absolute atomic E-state index is 13.2. The van der Waals surface area contributed by atoms with Crippen molar-refractivity contribution in [2.75, 3.05) is 12.4 Å². The van der Waals surface area contributed by atoms with E-state index >= 15 is 0 Å². The van der Waals surface area contributed by atoms with Crippen LogP contribution in [0.3, 0.4) is 0 Å². The summed E-state index contributed by atoms with van der Waals surface area (Å²) >= 11 is 6.20. The molecular formula is C24H23ClN4O2. The van der Waals surface area contributed by atoms with Crippen LogP contribution in [0.15, 0.2) is 48.5 Å². The number of methoxy groups -OCH3 is 1. The molecule has 2 heterocycles. The normalized spacial score (nSPS) is 11.0. The summed E-state index contributed by atoms with van der Waals surface area (Å²) in [5.74, 6) is 0.300. The van der Waals surface area contributed by atoms with Gasteiger partial charge in [0.05, 0.1) is 34.5 Å². The second-order valence-corrected chi connectivity index (χ2v) is 7.74. The first-order valence-corrected chi connectivity index (χ1v) is 10.4. The third-order valence-electron chi connectivity index (χ3n) is 5.18. The predicted octanol–water partition coefficient (Wildman–Crippen LogP) is 5.51. The molecule has 0 spiro atoms. The molecule has 4 aromatic rings. The quantitative estimate of drug-likeness (QED) is 0.449. The number of hydrogen-bond donors (Lipinski definition) is 1. The van der Waals surface area contributed by atoms with E-state index in [4.69, 9.17) is 16.3 Å². The van der Waals surface area contributed by atoms with Gasteiger partial charge in [0.25, 0.3) is 5.91 Å². The highest BCUT2D eigenvalue weighted by molar-refractivity contribution is 6.32. The zero-order valence-electron chi connectivity index (χ0n) is 17.9. The lowest BCUT2D eigenvalue weighted by Gasteiger charge is -2.10. The van der Waals surface area contributed by atoms with Gasteiger partial charge in [-0.3, -0.25) is 4.79 Å². The number of carbonyl (C=O) groups is 1. The number of benzene rings is 2. The average Bonchev–Trinajstić information content (AvgIpc) is 3.09. The van der Waals surface area contributed by atoms with Crippen molar-refractivity contribution >= 4 is 34.2 Å². The molecule has 4 rings (SSSR count). The molecule has 0 fully saturated rings. The highest BCUT2D eigenvalue weighted by Gasteiger charge is 2.20. The summed E-state index contributed by atoms with van der Waals surface area (Å²) in [7, 11) is 1.55. The summed E-state index contributed by atoms with van der Waals surface area (Å²) in [6, 6.07) is 15.1. The average molecular weight is 435 g/mol. The Balaban J connectivity index is 1.77. The summed E-state index contributed by atoms with van der Waals surface area (Å²) < 4.78 is 6.96. The molecule has 2 aromatic heterocycles. The molecule has 0 unspecified atom stereocenters. The summed E-state index contributed by atoms with van der Waals surface area (Å²) in [5.41, 5.74) is 5.37. The molecule has 158 valence electrons. The van der Waals surface area contributed by atoms with E-state index in [9.17, 15) is 4.79 Å². The molecule has 0 atom stereocenters. The van der Waals surface area contributed by atoms with Crippen molar-refractivity contribution < 1.29 is 9.53 Å². The van der Waals surface area contributed by atoms with Gasteiger partial charge in [-0.25, -0.2) is 9.67 Å². The highest BCUT2D eigenvalue weighted by Crippen LogP contribution is 2.29. The van der Waals surface area contributed by atoms with Crippen LogP contribution in [0.2, 0.25) is 5.02 Å². The molecule has 1 amide bonds. The van der Waals surface area contributed by atoms with Gasteiger partial charge in [0.15, 0.2) is 5.65 Å². The Morgan fingerprint density at radius 2 is 1.87 bits per heavy atom. The Labute approximate surface area is 185 Å². The van der Waals surface area contributed by atoms with Gasteiger partial charge in [-0.2, -0.15) is 5.10 Å². The zero-order valence-corrected chi connectivity index (χ0v) is 18.6. The zero-order chi connectivity index (χ0) is 22.1. The minimum Gasteiger partial charge on any atom is -0.495 e. The Morgan fingerprint density at radius 3 is 2.52 bits per heavy atom. The number of aromatic nitrogens is 3. The minimum atomic E-state index is -0.249. The highest BCUT2D eigenvalue weighted by atomic mass is 35.5. The largest absolute Gasteiger partial charge is 0.495 e. The first kappa shape index (κ1) is 20.9. The second-order valence-electron chi connectivity index (χ2n) is 7.33. The lowest BCUT2D eigenvalue weighted by atomic mass is 10.1. The van der Waals surface area contributed by atoms with Gasteiger partial charge >= 0.3 is 0 Å².